The molecule has 0 bridgehead atoms. The Morgan fingerprint density at radius 1 is 1.27 bits per heavy atom. The lowest BCUT2D eigenvalue weighted by molar-refractivity contribution is 0.112. The molecule has 0 spiro atoms. The second-order valence-electron chi connectivity index (χ2n) is 2.42. The van der Waals surface area contributed by atoms with Crippen LogP contribution in [-0.4, -0.2) is 10.7 Å². The van der Waals surface area contributed by atoms with E-state index in [9.17, 15) is 4.79 Å². The van der Waals surface area contributed by atoms with Crippen molar-refractivity contribution in [1.82, 2.24) is 4.40 Å². The summed E-state index contributed by atoms with van der Waals surface area (Å²) in [6.07, 6.45) is 4.57. The second kappa shape index (κ2) is 2.23. The molecule has 0 fully saturated rings. The highest BCUT2D eigenvalue weighted by atomic mass is 16.1. The van der Waals surface area contributed by atoms with Crippen LogP contribution in [0.25, 0.3) is 5.52 Å². The number of nitrogens with zero attached hydrogens (tertiary/aromatic N) is 1. The van der Waals surface area contributed by atoms with Gasteiger partial charge in [-0.05, 0) is 24.3 Å². The van der Waals surface area contributed by atoms with Crippen LogP contribution in [0.3, 0.4) is 0 Å². The Labute approximate surface area is 64.1 Å². The number of aromatic nitrogens is 1. The Morgan fingerprint density at radius 2 is 2.18 bits per heavy atom. The van der Waals surface area contributed by atoms with Gasteiger partial charge in [-0.1, -0.05) is 0 Å². The predicted molar refractivity (Wildman–Crippen MR) is 42.8 cm³/mol. The predicted octanol–water partition coefficient (Wildman–Crippen LogP) is 1.75. The van der Waals surface area contributed by atoms with Crippen LogP contribution in [0.1, 0.15) is 10.4 Å². The lowest BCUT2D eigenvalue weighted by Crippen LogP contribution is -1.85. The van der Waals surface area contributed by atoms with E-state index in [-0.39, 0.29) is 0 Å². The van der Waals surface area contributed by atoms with E-state index in [2.05, 4.69) is 0 Å². The summed E-state index contributed by atoms with van der Waals surface area (Å²) in [5.41, 5.74) is 1.81. The Kier molecular flexibility index (Phi) is 1.25. The van der Waals surface area contributed by atoms with Gasteiger partial charge in [-0.15, -0.1) is 0 Å². The van der Waals surface area contributed by atoms with Crippen LogP contribution in [0.2, 0.25) is 0 Å². The molecular formula is C9H7NO. The first-order valence-electron chi connectivity index (χ1n) is 3.42. The maximum absolute atomic E-state index is 10.4. The third-order valence-corrected chi connectivity index (χ3v) is 1.68. The molecule has 0 aliphatic heterocycles. The molecule has 2 rings (SSSR count). The van der Waals surface area contributed by atoms with Gasteiger partial charge in [0.1, 0.15) is 0 Å². The molecule has 0 saturated heterocycles. The fraction of sp³-hybridized carbons (Fsp3) is 0. The zero-order valence-corrected chi connectivity index (χ0v) is 5.90. The number of fused-ring (bicyclic) bond motifs is 1. The zero-order valence-electron chi connectivity index (χ0n) is 5.90. The highest BCUT2D eigenvalue weighted by molar-refractivity contribution is 5.75. The molecule has 2 nitrogen and oxygen atoms in total. The molecule has 54 valence electrons. The van der Waals surface area contributed by atoms with E-state index in [0.717, 1.165) is 11.8 Å². The van der Waals surface area contributed by atoms with Gasteiger partial charge in [0.05, 0.1) is 0 Å². The molecule has 0 atom stereocenters. The summed E-state index contributed by atoms with van der Waals surface area (Å²) >= 11 is 0. The van der Waals surface area contributed by atoms with E-state index in [1.165, 1.54) is 0 Å². The topological polar surface area (TPSA) is 21.5 Å². The average molecular weight is 145 g/mol. The molecule has 0 aliphatic carbocycles. The van der Waals surface area contributed by atoms with Crippen molar-refractivity contribution in [2.45, 2.75) is 0 Å². The molecular weight excluding hydrogens is 138 g/mol. The third kappa shape index (κ3) is 0.923. The largest absolute Gasteiger partial charge is 0.323 e. The van der Waals surface area contributed by atoms with E-state index in [0.29, 0.717) is 5.56 Å². The summed E-state index contributed by atoms with van der Waals surface area (Å²) in [6.45, 7) is 0. The summed E-state index contributed by atoms with van der Waals surface area (Å²) in [6, 6.07) is 7.67. The highest BCUT2D eigenvalue weighted by Gasteiger charge is 1.91. The smallest absolute Gasteiger partial charge is 0.151 e. The summed E-state index contributed by atoms with van der Waals surface area (Å²) in [5, 5.41) is 0. The molecule has 2 aromatic rings. The highest BCUT2D eigenvalue weighted by Crippen LogP contribution is 2.05. The maximum Gasteiger partial charge on any atom is 0.151 e. The SMILES string of the molecule is O=Cc1ccc2cccn2c1. The number of hydrogen-bond acceptors (Lipinski definition) is 1. The van der Waals surface area contributed by atoms with Gasteiger partial charge in [0.2, 0.25) is 0 Å². The van der Waals surface area contributed by atoms with Gasteiger partial charge < -0.3 is 4.40 Å². The van der Waals surface area contributed by atoms with Gasteiger partial charge in [0, 0.05) is 23.5 Å². The minimum Gasteiger partial charge on any atom is -0.323 e. The third-order valence-electron chi connectivity index (χ3n) is 1.68. The molecule has 0 N–H and O–H groups in total. The van der Waals surface area contributed by atoms with Crippen molar-refractivity contribution in [3.8, 4) is 0 Å². The van der Waals surface area contributed by atoms with E-state index in [1.807, 2.05) is 41.1 Å². The van der Waals surface area contributed by atoms with Crippen LogP contribution in [0.5, 0.6) is 0 Å². The molecule has 0 amide bonds. The van der Waals surface area contributed by atoms with E-state index >= 15 is 0 Å². The minimum atomic E-state index is 0.703. The lowest BCUT2D eigenvalue weighted by atomic mass is 10.3. The van der Waals surface area contributed by atoms with Gasteiger partial charge in [-0.25, -0.2) is 0 Å². The van der Waals surface area contributed by atoms with Gasteiger partial charge in [0.15, 0.2) is 6.29 Å². The molecule has 0 radical (unpaired) electrons. The number of aldehydes is 1. The Morgan fingerprint density at radius 3 is 3.00 bits per heavy atom. The van der Waals surface area contributed by atoms with E-state index in [1.54, 1.807) is 0 Å². The van der Waals surface area contributed by atoms with E-state index < -0.39 is 0 Å². The van der Waals surface area contributed by atoms with Gasteiger partial charge in [-0.2, -0.15) is 0 Å². The number of hydrogen-bond donors (Lipinski definition) is 0. The fourth-order valence-electron chi connectivity index (χ4n) is 1.12. The van der Waals surface area contributed by atoms with Crippen LogP contribution in [0.15, 0.2) is 36.7 Å². The van der Waals surface area contributed by atoms with Crippen molar-refractivity contribution in [3.05, 3.63) is 42.2 Å². The molecule has 11 heavy (non-hydrogen) atoms. The molecule has 2 heterocycles. The van der Waals surface area contributed by atoms with Crippen LogP contribution >= 0.6 is 0 Å². The fourth-order valence-corrected chi connectivity index (χ4v) is 1.12. The molecule has 2 aromatic heterocycles. The second-order valence-corrected chi connectivity index (χ2v) is 2.42. The Bertz CT molecular complexity index is 389. The van der Waals surface area contributed by atoms with Crippen molar-refractivity contribution in [2.75, 3.05) is 0 Å². The number of pyridine rings is 1. The molecule has 0 aromatic carbocycles. The summed E-state index contributed by atoms with van der Waals surface area (Å²) in [5.74, 6) is 0. The van der Waals surface area contributed by atoms with Crippen molar-refractivity contribution in [3.63, 3.8) is 0 Å². The number of carbonyl (C=O) groups excluding carboxylic acids is 1. The standard InChI is InChI=1S/C9H7NO/c11-7-8-3-4-9-2-1-5-10(9)6-8/h1-7H. The zero-order chi connectivity index (χ0) is 7.68. The first-order chi connectivity index (χ1) is 5.40. The summed E-state index contributed by atoms with van der Waals surface area (Å²) in [4.78, 5) is 10.4. The van der Waals surface area contributed by atoms with Crippen LogP contribution in [0.4, 0.5) is 0 Å². The molecule has 0 saturated carbocycles. The van der Waals surface area contributed by atoms with Crippen LogP contribution in [-0.2, 0) is 0 Å². The maximum atomic E-state index is 10.4. The number of rotatable bonds is 1. The quantitative estimate of drug-likeness (QED) is 0.560. The van der Waals surface area contributed by atoms with Gasteiger partial charge >= 0.3 is 0 Å². The summed E-state index contributed by atoms with van der Waals surface area (Å²) in [7, 11) is 0. The van der Waals surface area contributed by atoms with Crippen molar-refractivity contribution >= 4 is 11.8 Å². The first kappa shape index (κ1) is 6.16. The van der Waals surface area contributed by atoms with Crippen molar-refractivity contribution in [2.24, 2.45) is 0 Å². The average Bonchev–Trinajstić information content (AvgIpc) is 2.50. The van der Waals surface area contributed by atoms with Gasteiger partial charge in [0.25, 0.3) is 0 Å². The molecule has 0 aliphatic rings. The van der Waals surface area contributed by atoms with Gasteiger partial charge in [-0.3, -0.25) is 4.79 Å². The normalized spacial score (nSPS) is 10.2. The lowest BCUT2D eigenvalue weighted by Gasteiger charge is -1.93. The Balaban J connectivity index is 2.76. The van der Waals surface area contributed by atoms with Crippen LogP contribution in [0, 0.1) is 0 Å². The monoisotopic (exact) mass is 145 g/mol. The van der Waals surface area contributed by atoms with Crippen LogP contribution < -0.4 is 0 Å². The van der Waals surface area contributed by atoms with Crippen molar-refractivity contribution < 1.29 is 4.79 Å². The number of carbonyl (C=O) groups is 1. The molecule has 2 heteroatoms. The van der Waals surface area contributed by atoms with Crippen molar-refractivity contribution in [1.29, 1.82) is 0 Å². The first-order valence-corrected chi connectivity index (χ1v) is 3.42. The van der Waals surface area contributed by atoms with E-state index in [4.69, 9.17) is 0 Å². The minimum absolute atomic E-state index is 0.703. The summed E-state index contributed by atoms with van der Waals surface area (Å²) < 4.78 is 1.92. The Hall–Kier alpha value is -1.57. The molecule has 0 unspecified atom stereocenters.